The fourth-order valence-corrected chi connectivity index (χ4v) is 3.71. The number of aromatic nitrogens is 2. The zero-order valence-electron chi connectivity index (χ0n) is 12.3. The van der Waals surface area contributed by atoms with Gasteiger partial charge in [-0.3, -0.25) is 10.1 Å². The van der Waals surface area contributed by atoms with Crippen LogP contribution in [0.4, 0.5) is 5.13 Å². The molecule has 25 heavy (non-hydrogen) atoms. The average Bonchev–Trinajstić information content (AvgIpc) is 2.98. The Balaban J connectivity index is 1.64. The minimum Gasteiger partial charge on any atom is -0.486 e. The maximum Gasteiger partial charge on any atom is 0.277 e. The second kappa shape index (κ2) is 6.49. The van der Waals surface area contributed by atoms with Crippen LogP contribution < -0.4 is 14.8 Å². The van der Waals surface area contributed by atoms with Gasteiger partial charge in [0.25, 0.3) is 5.91 Å². The number of rotatable bonds is 2. The third-order valence-electron chi connectivity index (χ3n) is 3.41. The Hall–Kier alpha value is -1.80. The lowest BCUT2D eigenvalue weighted by molar-refractivity contribution is 0.102. The maximum absolute atomic E-state index is 12.4. The van der Waals surface area contributed by atoms with E-state index in [1.807, 2.05) is 6.07 Å². The topological polar surface area (TPSA) is 73.3 Å². The summed E-state index contributed by atoms with van der Waals surface area (Å²) in [6, 6.07) is 3.61. The van der Waals surface area contributed by atoms with Crippen molar-refractivity contribution in [2.75, 3.05) is 18.5 Å². The number of carbonyl (C=O) groups excluding carboxylic acids is 1. The van der Waals surface area contributed by atoms with Crippen LogP contribution in [0.5, 0.6) is 11.5 Å². The Morgan fingerprint density at radius 2 is 1.84 bits per heavy atom. The second-order valence-corrected chi connectivity index (χ2v) is 7.21. The molecule has 4 rings (SSSR count). The third kappa shape index (κ3) is 3.08. The summed E-state index contributed by atoms with van der Waals surface area (Å²) in [4.78, 5) is 20.7. The summed E-state index contributed by atoms with van der Waals surface area (Å²) in [5.41, 5.74) is 0.666. The highest BCUT2D eigenvalue weighted by Gasteiger charge is 2.20. The van der Waals surface area contributed by atoms with Crippen molar-refractivity contribution in [3.63, 3.8) is 0 Å². The van der Waals surface area contributed by atoms with Gasteiger partial charge in [0.1, 0.15) is 18.9 Å². The van der Waals surface area contributed by atoms with Crippen LogP contribution in [0.3, 0.4) is 0 Å². The molecule has 1 aliphatic heterocycles. The SMILES string of the molecule is O=C(Nc1nc2cc3c(cc2s1)OCCO3)c1ncc(Cl)c(Cl)c1Cl. The lowest BCUT2D eigenvalue weighted by Crippen LogP contribution is -2.15. The molecule has 2 aromatic heterocycles. The Morgan fingerprint density at radius 1 is 1.12 bits per heavy atom. The van der Waals surface area contributed by atoms with E-state index in [-0.39, 0.29) is 20.8 Å². The number of benzene rings is 1. The van der Waals surface area contributed by atoms with E-state index >= 15 is 0 Å². The predicted octanol–water partition coefficient (Wildman–Crippen LogP) is 4.68. The normalized spacial score (nSPS) is 13.1. The van der Waals surface area contributed by atoms with Crippen LogP contribution in [0.2, 0.25) is 15.1 Å². The smallest absolute Gasteiger partial charge is 0.277 e. The first-order valence-corrected chi connectivity index (χ1v) is 8.99. The molecule has 0 bridgehead atoms. The van der Waals surface area contributed by atoms with Crippen LogP contribution in [0, 0.1) is 0 Å². The number of pyridine rings is 1. The summed E-state index contributed by atoms with van der Waals surface area (Å²) in [5, 5.41) is 3.30. The van der Waals surface area contributed by atoms with Crippen LogP contribution in [0.25, 0.3) is 10.2 Å². The molecule has 0 spiro atoms. The molecule has 1 aromatic carbocycles. The van der Waals surface area contributed by atoms with Crippen molar-refractivity contribution in [3.05, 3.63) is 39.1 Å². The van der Waals surface area contributed by atoms with E-state index in [9.17, 15) is 4.79 Å². The van der Waals surface area contributed by atoms with Crippen LogP contribution >= 0.6 is 46.1 Å². The van der Waals surface area contributed by atoms with Gasteiger partial charge in [-0.25, -0.2) is 9.97 Å². The van der Waals surface area contributed by atoms with Crippen LogP contribution in [0.15, 0.2) is 18.3 Å². The van der Waals surface area contributed by atoms with Gasteiger partial charge in [-0.05, 0) is 0 Å². The highest BCUT2D eigenvalue weighted by atomic mass is 35.5. The molecule has 1 amide bonds. The molecule has 0 aliphatic carbocycles. The number of anilines is 1. The maximum atomic E-state index is 12.4. The minimum atomic E-state index is -0.528. The largest absolute Gasteiger partial charge is 0.486 e. The molecular formula is C15H8Cl3N3O3S. The minimum absolute atomic E-state index is 0.00922. The summed E-state index contributed by atoms with van der Waals surface area (Å²) in [6.07, 6.45) is 1.27. The monoisotopic (exact) mass is 415 g/mol. The number of halogens is 3. The third-order valence-corrected chi connectivity index (χ3v) is 5.58. The first-order valence-electron chi connectivity index (χ1n) is 7.04. The number of nitrogens with one attached hydrogen (secondary N) is 1. The van der Waals surface area contributed by atoms with Crippen LogP contribution in [0.1, 0.15) is 10.5 Å². The van der Waals surface area contributed by atoms with Crippen molar-refractivity contribution < 1.29 is 14.3 Å². The Labute approximate surface area is 160 Å². The van der Waals surface area contributed by atoms with Crippen molar-refractivity contribution in [1.82, 2.24) is 9.97 Å². The standard InChI is InChI=1S/C15H8Cl3N3O3S/c16-6-5-19-13(12(18)11(6)17)14(22)21-15-20-7-3-8-9(4-10(7)25-15)24-2-1-23-8/h3-5H,1-2H2,(H,20,21,22). The number of nitrogens with zero attached hydrogens (tertiary/aromatic N) is 2. The summed E-state index contributed by atoms with van der Waals surface area (Å²) in [7, 11) is 0. The van der Waals surface area contributed by atoms with Crippen LogP contribution in [-0.4, -0.2) is 29.1 Å². The van der Waals surface area contributed by atoms with Crippen molar-refractivity contribution in [2.24, 2.45) is 0 Å². The van der Waals surface area contributed by atoms with Gasteiger partial charge in [-0.2, -0.15) is 0 Å². The van der Waals surface area contributed by atoms with E-state index < -0.39 is 5.91 Å². The summed E-state index contributed by atoms with van der Waals surface area (Å²) < 4.78 is 11.9. The molecule has 10 heteroatoms. The quantitative estimate of drug-likeness (QED) is 0.657. The van der Waals surface area contributed by atoms with E-state index in [2.05, 4.69) is 15.3 Å². The molecule has 128 valence electrons. The van der Waals surface area contributed by atoms with Crippen molar-refractivity contribution in [2.45, 2.75) is 0 Å². The van der Waals surface area contributed by atoms with E-state index in [1.165, 1.54) is 17.5 Å². The van der Waals surface area contributed by atoms with Gasteiger partial charge in [0.15, 0.2) is 16.6 Å². The van der Waals surface area contributed by atoms with E-state index in [0.717, 1.165) is 4.70 Å². The van der Waals surface area contributed by atoms with Crippen LogP contribution in [-0.2, 0) is 0 Å². The second-order valence-electron chi connectivity index (χ2n) is 5.02. The van der Waals surface area contributed by atoms with Gasteiger partial charge in [0, 0.05) is 18.3 Å². The molecular weight excluding hydrogens is 409 g/mol. The van der Waals surface area contributed by atoms with Gasteiger partial charge >= 0.3 is 0 Å². The molecule has 0 radical (unpaired) electrons. The molecule has 0 saturated carbocycles. The molecule has 0 fully saturated rings. The van der Waals surface area contributed by atoms with Gasteiger partial charge in [-0.1, -0.05) is 46.1 Å². The number of hydrogen-bond donors (Lipinski definition) is 1. The number of thiazole rings is 1. The number of ether oxygens (including phenoxy) is 2. The number of hydrogen-bond acceptors (Lipinski definition) is 6. The number of carbonyl (C=O) groups is 1. The van der Waals surface area contributed by atoms with E-state index in [1.54, 1.807) is 6.07 Å². The van der Waals surface area contributed by atoms with E-state index in [0.29, 0.717) is 35.4 Å². The predicted molar refractivity (Wildman–Crippen MR) is 97.8 cm³/mol. The Morgan fingerprint density at radius 3 is 2.60 bits per heavy atom. The highest BCUT2D eigenvalue weighted by molar-refractivity contribution is 7.22. The molecule has 0 unspecified atom stereocenters. The molecule has 6 nitrogen and oxygen atoms in total. The summed E-state index contributed by atoms with van der Waals surface area (Å²) >= 11 is 19.1. The summed E-state index contributed by atoms with van der Waals surface area (Å²) in [6.45, 7) is 0.996. The zero-order valence-corrected chi connectivity index (χ0v) is 15.4. The molecule has 3 heterocycles. The average molecular weight is 417 g/mol. The molecule has 0 saturated heterocycles. The van der Waals surface area contributed by atoms with Gasteiger partial charge in [-0.15, -0.1) is 0 Å². The fraction of sp³-hybridized carbons (Fsp3) is 0.133. The Kier molecular flexibility index (Phi) is 4.33. The van der Waals surface area contributed by atoms with Gasteiger partial charge in [0.05, 0.1) is 25.3 Å². The zero-order chi connectivity index (χ0) is 17.6. The van der Waals surface area contributed by atoms with E-state index in [4.69, 9.17) is 44.3 Å². The lowest BCUT2D eigenvalue weighted by Gasteiger charge is -2.17. The van der Waals surface area contributed by atoms with Gasteiger partial charge < -0.3 is 9.47 Å². The molecule has 3 aromatic rings. The fourth-order valence-electron chi connectivity index (χ4n) is 2.28. The molecule has 1 N–H and O–H groups in total. The molecule has 0 atom stereocenters. The van der Waals surface area contributed by atoms with Crippen molar-refractivity contribution in [3.8, 4) is 11.5 Å². The van der Waals surface area contributed by atoms with Gasteiger partial charge in [0.2, 0.25) is 0 Å². The Bertz CT molecular complexity index is 966. The van der Waals surface area contributed by atoms with Crippen molar-refractivity contribution >= 4 is 67.4 Å². The highest BCUT2D eigenvalue weighted by Crippen LogP contribution is 2.38. The first kappa shape index (κ1) is 16.7. The summed E-state index contributed by atoms with van der Waals surface area (Å²) in [5.74, 6) is 0.769. The molecule has 1 aliphatic rings. The van der Waals surface area contributed by atoms with Crippen molar-refractivity contribution in [1.29, 1.82) is 0 Å². The number of amides is 1. The number of fused-ring (bicyclic) bond motifs is 2. The lowest BCUT2D eigenvalue weighted by atomic mass is 10.3. The first-order chi connectivity index (χ1) is 12.0.